The lowest BCUT2D eigenvalue weighted by Crippen LogP contribution is -2.34. The summed E-state index contributed by atoms with van der Waals surface area (Å²) in [5.74, 6) is 0.166. The molecule has 8 heteroatoms. The van der Waals surface area contributed by atoms with Crippen molar-refractivity contribution < 1.29 is 9.21 Å². The molecule has 3 aromatic carbocycles. The number of hydrogen-bond acceptors (Lipinski definition) is 4. The lowest BCUT2D eigenvalue weighted by molar-refractivity contribution is 0.0977. The molecule has 4 aromatic rings. The number of rotatable bonds is 3. The molecule has 0 unspecified atom stereocenters. The van der Waals surface area contributed by atoms with E-state index in [1.807, 2.05) is 12.1 Å². The number of hydrogen-bond donors (Lipinski definition) is 2. The summed E-state index contributed by atoms with van der Waals surface area (Å²) in [7, 11) is 0. The van der Waals surface area contributed by atoms with Crippen molar-refractivity contribution in [1.82, 2.24) is 10.3 Å². The number of halogens is 2. The number of aromatic nitrogens is 1. The normalized spacial score (nSPS) is 10.7. The summed E-state index contributed by atoms with van der Waals surface area (Å²) in [6.07, 6.45) is 0. The lowest BCUT2D eigenvalue weighted by atomic mass is 10.2. The van der Waals surface area contributed by atoms with Crippen molar-refractivity contribution in [3.05, 3.63) is 82.3 Å². The Balaban J connectivity index is 1.47. The van der Waals surface area contributed by atoms with Gasteiger partial charge in [0.1, 0.15) is 5.52 Å². The minimum absolute atomic E-state index is 0.172. The van der Waals surface area contributed by atoms with E-state index in [0.29, 0.717) is 38.3 Å². The molecule has 0 aliphatic carbocycles. The van der Waals surface area contributed by atoms with E-state index in [4.69, 9.17) is 39.8 Å². The molecule has 0 saturated carbocycles. The molecule has 0 bridgehead atoms. The number of benzene rings is 3. The van der Waals surface area contributed by atoms with Crippen LogP contribution in [0.5, 0.6) is 0 Å². The van der Waals surface area contributed by atoms with E-state index < -0.39 is 0 Å². The van der Waals surface area contributed by atoms with Crippen molar-refractivity contribution in [1.29, 1.82) is 0 Å². The Morgan fingerprint density at radius 1 is 0.931 bits per heavy atom. The Hall–Kier alpha value is -2.93. The first-order chi connectivity index (χ1) is 14.0. The maximum absolute atomic E-state index is 12.2. The molecule has 0 aliphatic rings. The highest BCUT2D eigenvalue weighted by Gasteiger charge is 2.11. The standard InChI is InChI=1S/C21H13Cl2N3O2S/c22-14-5-1-12(2-6-14)19(27)26-21(29)24-16-9-10-18-17(11-16)25-20(28-18)13-3-7-15(23)8-4-13/h1-11H,(H2,24,26,27,29). The average Bonchev–Trinajstić information content (AvgIpc) is 3.12. The Bertz CT molecular complexity index is 1210. The number of fused-ring (bicyclic) bond motifs is 1. The summed E-state index contributed by atoms with van der Waals surface area (Å²) < 4.78 is 5.79. The van der Waals surface area contributed by atoms with Crippen LogP contribution in [-0.4, -0.2) is 16.0 Å². The maximum atomic E-state index is 12.2. The zero-order valence-electron chi connectivity index (χ0n) is 14.8. The van der Waals surface area contributed by atoms with Crippen LogP contribution in [-0.2, 0) is 0 Å². The Labute approximate surface area is 181 Å². The van der Waals surface area contributed by atoms with E-state index in [9.17, 15) is 4.79 Å². The van der Waals surface area contributed by atoms with Gasteiger partial charge in [0.2, 0.25) is 5.89 Å². The Morgan fingerprint density at radius 2 is 1.59 bits per heavy atom. The number of thiocarbonyl (C=S) groups is 1. The third-order valence-electron chi connectivity index (χ3n) is 4.07. The van der Waals surface area contributed by atoms with Crippen LogP contribution in [0, 0.1) is 0 Å². The molecule has 1 aromatic heterocycles. The average molecular weight is 442 g/mol. The van der Waals surface area contributed by atoms with Crippen molar-refractivity contribution in [2.45, 2.75) is 0 Å². The van der Waals surface area contributed by atoms with Gasteiger partial charge in [-0.25, -0.2) is 4.98 Å². The van der Waals surface area contributed by atoms with E-state index in [2.05, 4.69) is 15.6 Å². The first kappa shape index (κ1) is 19.4. The van der Waals surface area contributed by atoms with Crippen molar-refractivity contribution in [2.75, 3.05) is 5.32 Å². The van der Waals surface area contributed by atoms with Gasteiger partial charge >= 0.3 is 0 Å². The maximum Gasteiger partial charge on any atom is 0.257 e. The highest BCUT2D eigenvalue weighted by molar-refractivity contribution is 7.80. The second-order valence-electron chi connectivity index (χ2n) is 6.12. The van der Waals surface area contributed by atoms with Gasteiger partial charge in [-0.1, -0.05) is 23.2 Å². The minimum atomic E-state index is -0.327. The van der Waals surface area contributed by atoms with E-state index in [1.54, 1.807) is 54.6 Å². The van der Waals surface area contributed by atoms with Crippen molar-refractivity contribution in [3.63, 3.8) is 0 Å². The molecule has 1 heterocycles. The highest BCUT2D eigenvalue weighted by Crippen LogP contribution is 2.27. The number of anilines is 1. The molecule has 144 valence electrons. The molecule has 0 aliphatic heterocycles. The van der Waals surface area contributed by atoms with E-state index in [0.717, 1.165) is 5.56 Å². The number of nitrogens with zero attached hydrogens (tertiary/aromatic N) is 1. The van der Waals surface area contributed by atoms with Gasteiger partial charge in [-0.2, -0.15) is 0 Å². The van der Waals surface area contributed by atoms with Crippen LogP contribution in [0.15, 0.2) is 71.1 Å². The van der Waals surface area contributed by atoms with Gasteiger partial charge in [-0.05, 0) is 78.9 Å². The number of nitrogens with one attached hydrogen (secondary N) is 2. The molecule has 29 heavy (non-hydrogen) atoms. The van der Waals surface area contributed by atoms with Gasteiger partial charge < -0.3 is 9.73 Å². The Kier molecular flexibility index (Phi) is 5.49. The number of carbonyl (C=O) groups is 1. The summed E-state index contributed by atoms with van der Waals surface area (Å²) in [5.41, 5.74) is 3.25. The predicted octanol–water partition coefficient (Wildman–Crippen LogP) is 5.93. The fraction of sp³-hybridized carbons (Fsp3) is 0. The molecule has 5 nitrogen and oxygen atoms in total. The highest BCUT2D eigenvalue weighted by atomic mass is 35.5. The third kappa shape index (κ3) is 4.56. The van der Waals surface area contributed by atoms with Gasteiger partial charge in [0, 0.05) is 26.9 Å². The third-order valence-corrected chi connectivity index (χ3v) is 4.78. The summed E-state index contributed by atoms with van der Waals surface area (Å²) in [6.45, 7) is 0. The zero-order chi connectivity index (χ0) is 20.4. The van der Waals surface area contributed by atoms with Crippen LogP contribution in [0.2, 0.25) is 10.0 Å². The summed E-state index contributed by atoms with van der Waals surface area (Å²) in [4.78, 5) is 16.7. The number of oxazole rings is 1. The largest absolute Gasteiger partial charge is 0.436 e. The molecule has 0 spiro atoms. The summed E-state index contributed by atoms with van der Waals surface area (Å²) in [6, 6.07) is 19.1. The van der Waals surface area contributed by atoms with Gasteiger partial charge in [0.25, 0.3) is 5.91 Å². The van der Waals surface area contributed by atoms with E-state index in [-0.39, 0.29) is 11.0 Å². The second kappa shape index (κ2) is 8.21. The smallest absolute Gasteiger partial charge is 0.257 e. The van der Waals surface area contributed by atoms with Crippen molar-refractivity contribution in [3.8, 4) is 11.5 Å². The fourth-order valence-electron chi connectivity index (χ4n) is 2.66. The van der Waals surface area contributed by atoms with Crippen molar-refractivity contribution in [2.24, 2.45) is 0 Å². The first-order valence-corrected chi connectivity index (χ1v) is 9.69. The molecule has 1 amide bonds. The zero-order valence-corrected chi connectivity index (χ0v) is 17.1. The number of carbonyl (C=O) groups excluding carboxylic acids is 1. The van der Waals surface area contributed by atoms with Crippen LogP contribution in [0.25, 0.3) is 22.6 Å². The van der Waals surface area contributed by atoms with Crippen molar-refractivity contribution >= 4 is 63.2 Å². The predicted molar refractivity (Wildman–Crippen MR) is 120 cm³/mol. The van der Waals surface area contributed by atoms with Crippen LogP contribution in [0.3, 0.4) is 0 Å². The van der Waals surface area contributed by atoms with Gasteiger partial charge in [0.15, 0.2) is 10.7 Å². The first-order valence-electron chi connectivity index (χ1n) is 8.52. The molecule has 0 atom stereocenters. The molecule has 0 saturated heterocycles. The molecular formula is C21H13Cl2N3O2S. The van der Waals surface area contributed by atoms with Gasteiger partial charge in [0.05, 0.1) is 0 Å². The van der Waals surface area contributed by atoms with E-state index in [1.165, 1.54) is 0 Å². The molecule has 2 N–H and O–H groups in total. The van der Waals surface area contributed by atoms with Gasteiger partial charge in [-0.3, -0.25) is 10.1 Å². The fourth-order valence-corrected chi connectivity index (χ4v) is 3.12. The number of amides is 1. The quantitative estimate of drug-likeness (QED) is 0.385. The monoisotopic (exact) mass is 441 g/mol. The van der Waals surface area contributed by atoms with Crippen LogP contribution in [0.4, 0.5) is 5.69 Å². The topological polar surface area (TPSA) is 67.2 Å². The molecular weight excluding hydrogens is 429 g/mol. The molecule has 4 rings (SSSR count). The Morgan fingerprint density at radius 3 is 2.28 bits per heavy atom. The second-order valence-corrected chi connectivity index (χ2v) is 7.40. The van der Waals surface area contributed by atoms with Crippen LogP contribution >= 0.6 is 35.4 Å². The van der Waals surface area contributed by atoms with Gasteiger partial charge in [-0.15, -0.1) is 0 Å². The molecule has 0 radical (unpaired) electrons. The van der Waals surface area contributed by atoms with Crippen LogP contribution < -0.4 is 10.6 Å². The summed E-state index contributed by atoms with van der Waals surface area (Å²) >= 11 is 17.0. The minimum Gasteiger partial charge on any atom is -0.436 e. The van der Waals surface area contributed by atoms with E-state index >= 15 is 0 Å². The summed E-state index contributed by atoms with van der Waals surface area (Å²) in [5, 5.41) is 6.98. The SMILES string of the molecule is O=C(NC(=S)Nc1ccc2oc(-c3ccc(Cl)cc3)nc2c1)c1ccc(Cl)cc1. The molecule has 0 fully saturated rings. The lowest BCUT2D eigenvalue weighted by Gasteiger charge is -2.09. The van der Waals surface area contributed by atoms with Crippen LogP contribution in [0.1, 0.15) is 10.4 Å².